The number of carbonyl (C=O) groups excluding carboxylic acids is 2. The van der Waals surface area contributed by atoms with Gasteiger partial charge in [0.1, 0.15) is 11.3 Å². The monoisotopic (exact) mass is 414 g/mol. The Hall–Kier alpha value is -2.70. The van der Waals surface area contributed by atoms with Gasteiger partial charge in [0.05, 0.1) is 12.3 Å². The fraction of sp³-hybridized carbons (Fsp3) is 0.190. The summed E-state index contributed by atoms with van der Waals surface area (Å²) in [6.45, 7) is 4.34. The van der Waals surface area contributed by atoms with Gasteiger partial charge in [0.2, 0.25) is 0 Å². The predicted octanol–water partition coefficient (Wildman–Crippen LogP) is 4.13. The van der Waals surface area contributed by atoms with Crippen molar-refractivity contribution in [1.29, 1.82) is 0 Å². The first-order valence-electron chi connectivity index (χ1n) is 8.87. The van der Waals surface area contributed by atoms with Crippen LogP contribution in [0.1, 0.15) is 25.0 Å². The van der Waals surface area contributed by atoms with Crippen LogP contribution < -0.4 is 15.0 Å². The van der Waals surface area contributed by atoms with Crippen molar-refractivity contribution >= 4 is 52.5 Å². The molecular formula is C21H19ClN2O3S. The zero-order valence-corrected chi connectivity index (χ0v) is 17.1. The van der Waals surface area contributed by atoms with Crippen LogP contribution in [0.15, 0.2) is 48.0 Å². The lowest BCUT2D eigenvalue weighted by Crippen LogP contribution is -2.54. The number of hydrogen-bond donors (Lipinski definition) is 1. The van der Waals surface area contributed by atoms with Crippen LogP contribution >= 0.6 is 23.8 Å². The van der Waals surface area contributed by atoms with Gasteiger partial charge in [0, 0.05) is 10.6 Å². The van der Waals surface area contributed by atoms with E-state index in [1.165, 1.54) is 11.0 Å². The van der Waals surface area contributed by atoms with E-state index in [0.29, 0.717) is 28.6 Å². The summed E-state index contributed by atoms with van der Waals surface area (Å²) in [6, 6.07) is 12.5. The van der Waals surface area contributed by atoms with E-state index in [4.69, 9.17) is 28.6 Å². The number of benzene rings is 2. The van der Waals surface area contributed by atoms with Gasteiger partial charge in [-0.25, -0.2) is 0 Å². The summed E-state index contributed by atoms with van der Waals surface area (Å²) < 4.78 is 5.58. The van der Waals surface area contributed by atoms with E-state index in [1.54, 1.807) is 18.2 Å². The van der Waals surface area contributed by atoms with Gasteiger partial charge in [0.15, 0.2) is 5.11 Å². The molecular weight excluding hydrogens is 396 g/mol. The Labute approximate surface area is 173 Å². The first-order chi connectivity index (χ1) is 13.4. The number of carbonyl (C=O) groups is 2. The molecule has 1 heterocycles. The van der Waals surface area contributed by atoms with Crippen molar-refractivity contribution in [2.45, 2.75) is 20.3 Å². The molecule has 28 heavy (non-hydrogen) atoms. The van der Waals surface area contributed by atoms with Crippen molar-refractivity contribution in [3.05, 3.63) is 64.2 Å². The second-order valence-corrected chi connectivity index (χ2v) is 6.92. The Balaban J connectivity index is 2.02. The molecule has 5 nitrogen and oxygen atoms in total. The molecule has 1 N–H and O–H groups in total. The average molecular weight is 415 g/mol. The van der Waals surface area contributed by atoms with Crippen molar-refractivity contribution in [3.8, 4) is 5.75 Å². The predicted molar refractivity (Wildman–Crippen MR) is 115 cm³/mol. The number of amides is 2. The van der Waals surface area contributed by atoms with Gasteiger partial charge in [-0.2, -0.15) is 0 Å². The zero-order valence-electron chi connectivity index (χ0n) is 15.5. The Morgan fingerprint density at radius 1 is 1.14 bits per heavy atom. The molecule has 7 heteroatoms. The van der Waals surface area contributed by atoms with Crippen molar-refractivity contribution in [1.82, 2.24) is 5.32 Å². The molecule has 2 aromatic carbocycles. The second kappa shape index (κ2) is 8.54. The van der Waals surface area contributed by atoms with E-state index < -0.39 is 11.8 Å². The molecule has 0 atom stereocenters. The number of nitrogens with one attached hydrogen (secondary N) is 1. The fourth-order valence-electron chi connectivity index (χ4n) is 2.85. The molecule has 0 radical (unpaired) electrons. The number of thiocarbonyl (C=S) groups is 1. The van der Waals surface area contributed by atoms with Crippen LogP contribution in [0.3, 0.4) is 0 Å². The third-order valence-corrected chi connectivity index (χ3v) is 4.80. The standard InChI is InChI=1S/C21H19ClN2O3S/c1-3-13-5-8-16(9-6-13)24-20(26)17(19(25)23-21(24)28)12-14-11-15(22)7-10-18(14)27-4-2/h5-12H,3-4H2,1-2H3,(H,23,25,28)/b17-12+. The summed E-state index contributed by atoms with van der Waals surface area (Å²) in [6.07, 6.45) is 2.36. The van der Waals surface area contributed by atoms with Crippen molar-refractivity contribution in [2.24, 2.45) is 0 Å². The van der Waals surface area contributed by atoms with Gasteiger partial charge < -0.3 is 4.74 Å². The third kappa shape index (κ3) is 4.08. The highest BCUT2D eigenvalue weighted by atomic mass is 35.5. The molecule has 2 aromatic rings. The summed E-state index contributed by atoms with van der Waals surface area (Å²) in [5, 5.41) is 3.10. The van der Waals surface area contributed by atoms with E-state index in [0.717, 1.165) is 12.0 Å². The molecule has 3 rings (SSSR count). The summed E-state index contributed by atoms with van der Waals surface area (Å²) in [7, 11) is 0. The molecule has 0 spiro atoms. The van der Waals surface area contributed by atoms with Crippen LogP contribution in [-0.2, 0) is 16.0 Å². The number of hydrogen-bond acceptors (Lipinski definition) is 4. The van der Waals surface area contributed by atoms with Crippen LogP contribution in [-0.4, -0.2) is 23.5 Å². The molecule has 2 amide bonds. The summed E-state index contributed by atoms with van der Waals surface area (Å²) >= 11 is 11.3. The van der Waals surface area contributed by atoms with Gasteiger partial charge in [0.25, 0.3) is 11.8 Å². The molecule has 0 bridgehead atoms. The average Bonchev–Trinajstić information content (AvgIpc) is 2.67. The van der Waals surface area contributed by atoms with Gasteiger partial charge in [-0.1, -0.05) is 30.7 Å². The molecule has 0 saturated carbocycles. The molecule has 0 unspecified atom stereocenters. The quantitative estimate of drug-likeness (QED) is 0.454. The number of halogens is 1. The summed E-state index contributed by atoms with van der Waals surface area (Å²) in [4.78, 5) is 26.9. The maximum absolute atomic E-state index is 13.1. The molecule has 0 aromatic heterocycles. The molecule has 0 aliphatic carbocycles. The molecule has 1 fully saturated rings. The first kappa shape index (κ1) is 20.0. The lowest BCUT2D eigenvalue weighted by molar-refractivity contribution is -0.122. The van der Waals surface area contributed by atoms with E-state index in [1.807, 2.05) is 38.1 Å². The lowest BCUT2D eigenvalue weighted by Gasteiger charge is -2.29. The Bertz CT molecular complexity index is 970. The normalized spacial score (nSPS) is 15.8. The van der Waals surface area contributed by atoms with E-state index in [2.05, 4.69) is 5.32 Å². The minimum atomic E-state index is -0.557. The number of nitrogens with zero attached hydrogens (tertiary/aromatic N) is 1. The maximum atomic E-state index is 13.1. The van der Waals surface area contributed by atoms with Gasteiger partial charge >= 0.3 is 0 Å². The molecule has 1 aliphatic rings. The highest BCUT2D eigenvalue weighted by Gasteiger charge is 2.34. The molecule has 144 valence electrons. The Kier molecular flexibility index (Phi) is 6.11. The molecule has 1 saturated heterocycles. The minimum Gasteiger partial charge on any atom is -0.493 e. The van der Waals surface area contributed by atoms with Gasteiger partial charge in [-0.05, 0) is 67.5 Å². The van der Waals surface area contributed by atoms with Crippen LogP contribution in [0.2, 0.25) is 5.02 Å². The van der Waals surface area contributed by atoms with Gasteiger partial charge in [-0.15, -0.1) is 0 Å². The van der Waals surface area contributed by atoms with Crippen LogP contribution in [0.25, 0.3) is 6.08 Å². The van der Waals surface area contributed by atoms with Gasteiger partial charge in [-0.3, -0.25) is 19.8 Å². The number of anilines is 1. The Morgan fingerprint density at radius 2 is 1.86 bits per heavy atom. The number of rotatable bonds is 5. The largest absolute Gasteiger partial charge is 0.493 e. The zero-order chi connectivity index (χ0) is 20.3. The van der Waals surface area contributed by atoms with E-state index >= 15 is 0 Å². The lowest BCUT2D eigenvalue weighted by atomic mass is 10.1. The first-order valence-corrected chi connectivity index (χ1v) is 9.66. The highest BCUT2D eigenvalue weighted by Crippen LogP contribution is 2.28. The molecule has 1 aliphatic heterocycles. The SMILES string of the molecule is CCOc1ccc(Cl)cc1/C=C1\C(=O)NC(=S)N(c2ccc(CC)cc2)C1=O. The maximum Gasteiger partial charge on any atom is 0.270 e. The Morgan fingerprint density at radius 3 is 2.50 bits per heavy atom. The fourth-order valence-corrected chi connectivity index (χ4v) is 3.31. The summed E-state index contributed by atoms with van der Waals surface area (Å²) in [5.41, 5.74) is 2.23. The second-order valence-electron chi connectivity index (χ2n) is 6.09. The topological polar surface area (TPSA) is 58.6 Å². The van der Waals surface area contributed by atoms with Crippen LogP contribution in [0, 0.1) is 0 Å². The minimum absolute atomic E-state index is 0.0450. The number of aryl methyl sites for hydroxylation is 1. The van der Waals surface area contributed by atoms with Crippen molar-refractivity contribution in [3.63, 3.8) is 0 Å². The van der Waals surface area contributed by atoms with Crippen molar-refractivity contribution < 1.29 is 14.3 Å². The third-order valence-electron chi connectivity index (χ3n) is 4.28. The van der Waals surface area contributed by atoms with Crippen molar-refractivity contribution in [2.75, 3.05) is 11.5 Å². The van der Waals surface area contributed by atoms with E-state index in [-0.39, 0.29) is 10.7 Å². The highest BCUT2D eigenvalue weighted by molar-refractivity contribution is 7.80. The number of ether oxygens (including phenoxy) is 1. The van der Waals surface area contributed by atoms with E-state index in [9.17, 15) is 9.59 Å². The van der Waals surface area contributed by atoms with Crippen LogP contribution in [0.4, 0.5) is 5.69 Å². The summed E-state index contributed by atoms with van der Waals surface area (Å²) in [5.74, 6) is -0.522. The van der Waals surface area contributed by atoms with Crippen LogP contribution in [0.5, 0.6) is 5.75 Å². The smallest absolute Gasteiger partial charge is 0.270 e.